The normalized spacial score (nSPS) is 19.5. The number of aromatic nitrogens is 1. The molecular weight excluding hydrogens is 1110 g/mol. The molecule has 0 radical (unpaired) electrons. The number of halogens is 6. The van der Waals surface area contributed by atoms with E-state index in [0.717, 1.165) is 44.3 Å². The van der Waals surface area contributed by atoms with Gasteiger partial charge in [-0.15, -0.1) is 0 Å². The highest BCUT2D eigenvalue weighted by molar-refractivity contribution is 6.15. The van der Waals surface area contributed by atoms with E-state index < -0.39 is 90.6 Å². The van der Waals surface area contributed by atoms with Gasteiger partial charge in [0.1, 0.15) is 41.8 Å². The molecule has 31 heteroatoms. The molecule has 0 bridgehead atoms. The van der Waals surface area contributed by atoms with Crippen LogP contribution in [0.3, 0.4) is 0 Å². The predicted molar refractivity (Wildman–Crippen MR) is 265 cm³/mol. The number of aromatic hydroxyl groups is 1. The summed E-state index contributed by atoms with van der Waals surface area (Å²) in [6.07, 6.45) is -6.93. The molecule has 0 aliphatic carbocycles. The van der Waals surface area contributed by atoms with Gasteiger partial charge in [0, 0.05) is 80.1 Å². The standard InChI is InChI=1S/C47H55N7O14.2C2HF3O2/c48-25-34(54-38(58)13-14-39(54)59)44(63)50-19-15-37(57)51-33-23-30(9-11-35(33)67-47-42(62)40(60)41(61)43(68-47)46(65)66)27-52-20-4-6-29(26-52)10-12-36(56)49-18-2-1-5-28-16-21-53(22-17-28)45(64)31-7-3-8-32(55)24-31;2*3-2(4,5)1(6)7/h3-4,6-14,20,23-24,26,28,34,40-43,47,60-62H,1-2,5,15-19,21-22,25,27,48H2,(H4-,49,50,51,55,56,57,63,65,66);2*(H,6,7)/b12-10+;;/t34?,40-,41-,42+,43-,47+;;/m0../s1. The van der Waals surface area contributed by atoms with Gasteiger partial charge in [-0.25, -0.2) is 14.2 Å². The Morgan fingerprint density at radius 3 is 2.09 bits per heavy atom. The Hall–Kier alpha value is -8.52. The van der Waals surface area contributed by atoms with Gasteiger partial charge in [0.2, 0.25) is 24.0 Å². The molecule has 82 heavy (non-hydrogen) atoms. The Morgan fingerprint density at radius 1 is 0.854 bits per heavy atom. The van der Waals surface area contributed by atoms with Crippen LogP contribution in [-0.4, -0.2) is 176 Å². The van der Waals surface area contributed by atoms with Crippen molar-refractivity contribution in [1.82, 2.24) is 20.4 Å². The lowest BCUT2D eigenvalue weighted by Crippen LogP contribution is -2.61. The van der Waals surface area contributed by atoms with Gasteiger partial charge in [-0.05, 0) is 73.7 Å². The maximum Gasteiger partial charge on any atom is 0.490 e. The number of aliphatic hydroxyl groups is 3. The number of nitrogens with two attached hydrogens (primary N) is 1. The van der Waals surface area contributed by atoms with Crippen LogP contribution in [0.4, 0.5) is 32.0 Å². The van der Waals surface area contributed by atoms with Crippen LogP contribution in [0.25, 0.3) is 6.08 Å². The Morgan fingerprint density at radius 2 is 1.50 bits per heavy atom. The number of nitrogens with zero attached hydrogens (tertiary/aromatic N) is 3. The SMILES string of the molecule is NCC(C(=O)NCCC(=O)Nc1cc(C[n+]2cccc(/C=C/C(=O)NCCCCC3CCN(C(=O)c4cccc(O)c4)CC3)c2)ccc1O[C@@H]1O[C@H](C(=O)O)[C@@H](O)[C@H](O)[C@H]1O)N1C(=O)C=CC1=O.O=C(O)C(F)(F)F.O=C([O-])C(F)(F)F. The number of rotatable bonds is 20. The fourth-order valence-electron chi connectivity index (χ4n) is 8.03. The first-order valence-corrected chi connectivity index (χ1v) is 24.7. The van der Waals surface area contributed by atoms with Crippen molar-refractivity contribution >= 4 is 65.1 Å². The summed E-state index contributed by atoms with van der Waals surface area (Å²) in [6.45, 7) is 1.47. The van der Waals surface area contributed by atoms with Crippen LogP contribution in [0, 0.1) is 5.92 Å². The lowest BCUT2D eigenvalue weighted by Gasteiger charge is -2.38. The first-order valence-electron chi connectivity index (χ1n) is 24.7. The number of piperidine rings is 1. The Labute approximate surface area is 461 Å². The number of pyridine rings is 1. The topological polar surface area (TPSA) is 389 Å². The quantitative estimate of drug-likeness (QED) is 0.0224. The number of carboxylic acid groups (broad SMARTS) is 3. The van der Waals surface area contributed by atoms with E-state index in [-0.39, 0.29) is 55.1 Å². The van der Waals surface area contributed by atoms with Gasteiger partial charge in [0.25, 0.3) is 17.7 Å². The second-order valence-corrected chi connectivity index (χ2v) is 18.2. The summed E-state index contributed by atoms with van der Waals surface area (Å²) in [5.41, 5.74) is 7.49. The molecule has 2 saturated heterocycles. The number of carbonyl (C=O) groups excluding carboxylic acids is 7. The molecule has 1 unspecified atom stereocenters. The molecule has 6 atom stereocenters. The average Bonchev–Trinajstić information content (AvgIpc) is 3.77. The number of hydrogen-bond donors (Lipinski definition) is 10. The summed E-state index contributed by atoms with van der Waals surface area (Å²) in [6, 6.07) is 13.2. The van der Waals surface area contributed by atoms with Crippen LogP contribution >= 0.6 is 0 Å². The van der Waals surface area contributed by atoms with Gasteiger partial charge in [-0.1, -0.05) is 18.9 Å². The van der Waals surface area contributed by atoms with Crippen molar-refractivity contribution in [2.24, 2.45) is 11.7 Å². The van der Waals surface area contributed by atoms with Crippen molar-refractivity contribution in [3.05, 3.63) is 102 Å². The van der Waals surface area contributed by atoms with Crippen LogP contribution in [0.2, 0.25) is 0 Å². The summed E-state index contributed by atoms with van der Waals surface area (Å²) in [5.74, 6) is -10.1. The van der Waals surface area contributed by atoms with E-state index in [4.69, 9.17) is 35.0 Å². The van der Waals surface area contributed by atoms with Crippen LogP contribution in [0.15, 0.2) is 85.2 Å². The molecule has 4 heterocycles. The summed E-state index contributed by atoms with van der Waals surface area (Å²) < 4.78 is 76.2. The van der Waals surface area contributed by atoms with Crippen LogP contribution in [-0.2, 0) is 49.6 Å². The molecule has 6 amide bonds. The number of likely N-dealkylation sites (tertiary alicyclic amines) is 1. The van der Waals surface area contributed by atoms with Gasteiger partial charge in [-0.3, -0.25) is 33.7 Å². The molecule has 25 nitrogen and oxygen atoms in total. The van der Waals surface area contributed by atoms with Crippen LogP contribution in [0.1, 0.15) is 60.0 Å². The van der Waals surface area contributed by atoms with Gasteiger partial charge in [-0.2, -0.15) is 26.3 Å². The van der Waals surface area contributed by atoms with Gasteiger partial charge >= 0.3 is 24.3 Å². The molecular formula is C51H57F6N7O18. The van der Waals surface area contributed by atoms with E-state index in [1.807, 2.05) is 15.5 Å². The highest BCUT2D eigenvalue weighted by Gasteiger charge is 2.48. The molecule has 3 aliphatic rings. The van der Waals surface area contributed by atoms with Gasteiger partial charge in [0.05, 0.1) is 5.69 Å². The number of aliphatic carboxylic acids is 3. The Balaban J connectivity index is 0.000000914. The van der Waals surface area contributed by atoms with Crippen LogP contribution < -0.4 is 36.1 Å². The number of anilines is 1. The summed E-state index contributed by atoms with van der Waals surface area (Å²) in [4.78, 5) is 108. The third-order valence-corrected chi connectivity index (χ3v) is 12.2. The number of phenolic OH excluding ortho intramolecular Hbond substituents is 1. The van der Waals surface area contributed by atoms with E-state index in [9.17, 15) is 85.4 Å². The van der Waals surface area contributed by atoms with E-state index >= 15 is 0 Å². The van der Waals surface area contributed by atoms with E-state index in [0.29, 0.717) is 47.1 Å². The predicted octanol–water partition coefficient (Wildman–Crippen LogP) is -0.520. The zero-order chi connectivity index (χ0) is 61.1. The number of ether oxygens (including phenoxy) is 2. The lowest BCUT2D eigenvalue weighted by atomic mass is 9.91. The number of hydrogen-bond acceptors (Lipinski definition) is 17. The van der Waals surface area contributed by atoms with E-state index in [1.54, 1.807) is 42.7 Å². The maximum absolute atomic E-state index is 13.3. The molecule has 2 aromatic carbocycles. The number of amides is 6. The van der Waals surface area contributed by atoms with Crippen molar-refractivity contribution in [2.45, 2.75) is 94.2 Å². The minimum atomic E-state index is -5.19. The lowest BCUT2D eigenvalue weighted by molar-refractivity contribution is -0.688. The number of aliphatic hydroxyl groups excluding tert-OH is 3. The van der Waals surface area contributed by atoms with Crippen molar-refractivity contribution in [3.63, 3.8) is 0 Å². The molecule has 2 fully saturated rings. The second kappa shape index (κ2) is 30.3. The molecule has 3 aromatic rings. The van der Waals surface area contributed by atoms with Crippen LogP contribution in [0.5, 0.6) is 11.5 Å². The minimum Gasteiger partial charge on any atom is -0.542 e. The van der Waals surface area contributed by atoms with Crippen molar-refractivity contribution < 1.29 is 119 Å². The van der Waals surface area contributed by atoms with Crippen molar-refractivity contribution in [2.75, 3.05) is 38.0 Å². The Bertz CT molecular complexity index is 2800. The van der Waals surface area contributed by atoms with E-state index in [2.05, 4.69) is 16.0 Å². The third kappa shape index (κ3) is 20.2. The monoisotopic (exact) mass is 1170 g/mol. The number of benzene rings is 2. The molecule has 446 valence electrons. The fourth-order valence-corrected chi connectivity index (χ4v) is 8.03. The second-order valence-electron chi connectivity index (χ2n) is 18.2. The highest BCUT2D eigenvalue weighted by Crippen LogP contribution is 2.31. The fraction of sp³-hybridized carbons (Fsp3) is 0.412. The molecule has 1 aromatic heterocycles. The zero-order valence-electron chi connectivity index (χ0n) is 43.0. The van der Waals surface area contributed by atoms with Gasteiger partial charge in [0.15, 0.2) is 25.0 Å². The van der Waals surface area contributed by atoms with Crippen molar-refractivity contribution in [1.29, 1.82) is 0 Å². The summed E-state index contributed by atoms with van der Waals surface area (Å²) in [5, 5.41) is 74.3. The first-order chi connectivity index (χ1) is 38.5. The molecule has 11 N–H and O–H groups in total. The Kier molecular flexibility index (Phi) is 24.4. The van der Waals surface area contributed by atoms with Gasteiger partial charge < -0.3 is 76.6 Å². The molecule has 3 aliphatic heterocycles. The number of carbonyl (C=O) groups is 9. The maximum atomic E-state index is 13.3. The minimum absolute atomic E-state index is 0.0258. The average molecular weight is 1170 g/mol. The highest BCUT2D eigenvalue weighted by atomic mass is 19.4. The smallest absolute Gasteiger partial charge is 0.490 e. The zero-order valence-corrected chi connectivity index (χ0v) is 43.0. The number of carboxylic acids is 3. The molecule has 0 spiro atoms. The largest absolute Gasteiger partial charge is 0.542 e. The summed E-state index contributed by atoms with van der Waals surface area (Å²) >= 11 is 0. The first kappa shape index (κ1) is 66.0. The molecule has 6 rings (SSSR count). The number of unbranched alkanes of at least 4 members (excludes halogenated alkanes) is 1. The number of alkyl halides is 6. The molecule has 0 saturated carbocycles. The third-order valence-electron chi connectivity index (χ3n) is 12.2. The summed E-state index contributed by atoms with van der Waals surface area (Å²) in [7, 11) is 0. The van der Waals surface area contributed by atoms with Crippen molar-refractivity contribution in [3.8, 4) is 11.5 Å². The number of nitrogens with one attached hydrogen (secondary N) is 3. The number of imide groups is 1. The number of phenols is 1. The van der Waals surface area contributed by atoms with E-state index in [1.165, 1.54) is 30.3 Å².